The summed E-state index contributed by atoms with van der Waals surface area (Å²) in [5.41, 5.74) is 3.95. The van der Waals surface area contributed by atoms with Crippen molar-refractivity contribution in [3.05, 3.63) is 35.9 Å². The van der Waals surface area contributed by atoms with Crippen LogP contribution in [0, 0.1) is 0 Å². The van der Waals surface area contributed by atoms with Crippen LogP contribution in [0.1, 0.15) is 31.4 Å². The number of nitrogens with zero attached hydrogens (tertiary/aromatic N) is 4. The Kier molecular flexibility index (Phi) is 5.16. The topological polar surface area (TPSA) is 76.3 Å². The highest BCUT2D eigenvalue weighted by molar-refractivity contribution is 7.26. The predicted molar refractivity (Wildman–Crippen MR) is 125 cm³/mol. The van der Waals surface area contributed by atoms with E-state index in [0.717, 1.165) is 69.2 Å². The monoisotopic (exact) mass is 437 g/mol. The van der Waals surface area contributed by atoms with E-state index in [1.807, 2.05) is 12.1 Å². The third-order valence-corrected chi connectivity index (χ3v) is 6.74. The van der Waals surface area contributed by atoms with Crippen LogP contribution in [0.3, 0.4) is 0 Å². The highest BCUT2D eigenvalue weighted by Crippen LogP contribution is 2.44. The molecule has 1 aliphatic rings. The Hall–Kier alpha value is -2.55. The van der Waals surface area contributed by atoms with Crippen molar-refractivity contribution in [3.8, 4) is 11.5 Å². The van der Waals surface area contributed by atoms with Gasteiger partial charge in [-0.15, -0.1) is 11.3 Å². The van der Waals surface area contributed by atoms with Crippen LogP contribution in [0.2, 0.25) is 0 Å². The number of rotatable bonds is 6. The van der Waals surface area contributed by atoms with E-state index in [1.165, 1.54) is 5.56 Å². The minimum absolute atomic E-state index is 0.240. The summed E-state index contributed by atoms with van der Waals surface area (Å²) in [5.74, 6) is 1.65. The Morgan fingerprint density at radius 2 is 2.10 bits per heavy atom. The molecule has 0 fully saturated rings. The van der Waals surface area contributed by atoms with Gasteiger partial charge in [0.1, 0.15) is 22.7 Å². The Balaban J connectivity index is 1.66. The lowest BCUT2D eigenvalue weighted by Crippen LogP contribution is -2.32. The number of hydrogen-bond donors (Lipinski definition) is 1. The quantitative estimate of drug-likeness (QED) is 0.438. The number of thiophene rings is 1. The van der Waals surface area contributed by atoms with Crippen LogP contribution in [0.25, 0.3) is 31.9 Å². The second kappa shape index (κ2) is 7.85. The smallest absolute Gasteiger partial charge is 0.152 e. The molecule has 0 unspecified atom stereocenters. The second-order valence-electron chi connectivity index (χ2n) is 8.89. The minimum atomic E-state index is -0.240. The van der Waals surface area contributed by atoms with Crippen LogP contribution >= 0.6 is 11.3 Å². The van der Waals surface area contributed by atoms with Gasteiger partial charge in [-0.2, -0.15) is 0 Å². The van der Waals surface area contributed by atoms with Crippen molar-refractivity contribution in [2.24, 2.45) is 0 Å². The molecule has 5 heterocycles. The van der Waals surface area contributed by atoms with Crippen LogP contribution in [0.4, 0.5) is 5.82 Å². The van der Waals surface area contributed by atoms with Crippen molar-refractivity contribution in [1.29, 1.82) is 0 Å². The van der Waals surface area contributed by atoms with E-state index in [9.17, 15) is 0 Å². The number of hydrogen-bond acceptors (Lipinski definition) is 8. The number of furan rings is 1. The summed E-state index contributed by atoms with van der Waals surface area (Å²) < 4.78 is 12.9. The zero-order valence-corrected chi connectivity index (χ0v) is 19.2. The molecule has 0 aromatic carbocycles. The summed E-state index contributed by atoms with van der Waals surface area (Å²) in [6, 6.07) is 3.85. The highest BCUT2D eigenvalue weighted by Gasteiger charge is 2.32. The van der Waals surface area contributed by atoms with Gasteiger partial charge in [-0.05, 0) is 58.6 Å². The number of aromatic nitrogens is 3. The highest BCUT2D eigenvalue weighted by atomic mass is 32.1. The van der Waals surface area contributed by atoms with Gasteiger partial charge in [0.05, 0.1) is 28.7 Å². The van der Waals surface area contributed by atoms with Crippen molar-refractivity contribution < 1.29 is 9.15 Å². The van der Waals surface area contributed by atoms with Crippen molar-refractivity contribution in [3.63, 3.8) is 0 Å². The van der Waals surface area contributed by atoms with Crippen molar-refractivity contribution in [2.45, 2.75) is 38.9 Å². The van der Waals surface area contributed by atoms with Gasteiger partial charge in [0.25, 0.3) is 0 Å². The maximum absolute atomic E-state index is 6.15. The predicted octanol–water partition coefficient (Wildman–Crippen LogP) is 4.71. The summed E-state index contributed by atoms with van der Waals surface area (Å²) >= 11 is 1.65. The van der Waals surface area contributed by atoms with E-state index in [-0.39, 0.29) is 5.60 Å². The number of fused-ring (bicyclic) bond motifs is 5. The van der Waals surface area contributed by atoms with Gasteiger partial charge in [0, 0.05) is 23.9 Å². The molecule has 31 heavy (non-hydrogen) atoms. The molecule has 0 saturated heterocycles. The Labute approximate surface area is 185 Å². The van der Waals surface area contributed by atoms with Crippen molar-refractivity contribution in [1.82, 2.24) is 19.9 Å². The summed E-state index contributed by atoms with van der Waals surface area (Å²) in [6.45, 7) is 6.68. The largest absolute Gasteiger partial charge is 0.463 e. The molecule has 1 aliphatic heterocycles. The van der Waals surface area contributed by atoms with Gasteiger partial charge >= 0.3 is 0 Å². The summed E-state index contributed by atoms with van der Waals surface area (Å²) in [5, 5.41) is 4.63. The fraction of sp³-hybridized carbons (Fsp3) is 0.435. The number of ether oxygens (including phenoxy) is 1. The average Bonchev–Trinajstić information content (AvgIpc) is 3.37. The third kappa shape index (κ3) is 3.79. The first-order valence-corrected chi connectivity index (χ1v) is 11.4. The molecule has 0 radical (unpaired) electrons. The summed E-state index contributed by atoms with van der Waals surface area (Å²) in [4.78, 5) is 17.4. The molecule has 4 aromatic heterocycles. The normalized spacial score (nSPS) is 15.6. The minimum Gasteiger partial charge on any atom is -0.463 e. The molecule has 0 atom stereocenters. The van der Waals surface area contributed by atoms with Gasteiger partial charge in [-0.25, -0.2) is 15.0 Å². The molecule has 0 spiro atoms. The van der Waals surface area contributed by atoms with E-state index in [1.54, 1.807) is 23.9 Å². The number of anilines is 1. The first-order valence-electron chi connectivity index (χ1n) is 10.6. The summed E-state index contributed by atoms with van der Waals surface area (Å²) in [7, 11) is 4.18. The van der Waals surface area contributed by atoms with Crippen LogP contribution < -0.4 is 5.32 Å². The van der Waals surface area contributed by atoms with E-state index in [0.29, 0.717) is 6.61 Å². The van der Waals surface area contributed by atoms with Crippen LogP contribution in [0.5, 0.6) is 0 Å². The zero-order chi connectivity index (χ0) is 21.6. The van der Waals surface area contributed by atoms with Crippen LogP contribution in [-0.2, 0) is 17.8 Å². The van der Waals surface area contributed by atoms with Crippen LogP contribution in [0.15, 0.2) is 29.1 Å². The first kappa shape index (κ1) is 20.4. The van der Waals surface area contributed by atoms with Gasteiger partial charge in [-0.3, -0.25) is 0 Å². The standard InChI is InChI=1S/C23H27N5O2S/c1-23(2)11-14-15(12-30-23)18(16-7-5-10-29-16)27-22-17(14)19-20(31-22)21(26-13-25-19)24-8-6-9-28(3)4/h5,7,10,13H,6,8-9,11-12H2,1-4H3,(H,24,25,26). The van der Waals surface area contributed by atoms with Gasteiger partial charge < -0.3 is 19.4 Å². The average molecular weight is 438 g/mol. The van der Waals surface area contributed by atoms with Crippen LogP contribution in [-0.4, -0.2) is 52.6 Å². The Bertz CT molecular complexity index is 1230. The molecule has 162 valence electrons. The molecule has 5 rings (SSSR count). The molecule has 8 heteroatoms. The molecule has 7 nitrogen and oxygen atoms in total. The molecule has 0 saturated carbocycles. The lowest BCUT2D eigenvalue weighted by atomic mass is 9.89. The molecule has 0 bridgehead atoms. The lowest BCUT2D eigenvalue weighted by molar-refractivity contribution is -0.0395. The number of pyridine rings is 1. The van der Waals surface area contributed by atoms with E-state index >= 15 is 0 Å². The fourth-order valence-electron chi connectivity index (χ4n) is 4.15. The van der Waals surface area contributed by atoms with Crippen molar-refractivity contribution in [2.75, 3.05) is 32.5 Å². The molecule has 0 aliphatic carbocycles. The molecule has 0 amide bonds. The Morgan fingerprint density at radius 3 is 2.87 bits per heavy atom. The van der Waals surface area contributed by atoms with Gasteiger partial charge in [0.15, 0.2) is 5.76 Å². The second-order valence-corrected chi connectivity index (χ2v) is 9.88. The lowest BCUT2D eigenvalue weighted by Gasteiger charge is -2.32. The zero-order valence-electron chi connectivity index (χ0n) is 18.4. The molecular weight excluding hydrogens is 410 g/mol. The van der Waals surface area contributed by atoms with E-state index < -0.39 is 0 Å². The SMILES string of the molecule is CN(C)CCCNc1ncnc2c1sc1nc(-c3ccco3)c3c(c12)CC(C)(C)OC3. The van der Waals surface area contributed by atoms with Crippen molar-refractivity contribution >= 4 is 37.6 Å². The number of nitrogens with one attached hydrogen (secondary N) is 1. The Morgan fingerprint density at radius 1 is 1.23 bits per heavy atom. The molecule has 1 N–H and O–H groups in total. The van der Waals surface area contributed by atoms with Gasteiger partial charge in [-0.1, -0.05) is 0 Å². The van der Waals surface area contributed by atoms with E-state index in [2.05, 4.69) is 48.1 Å². The van der Waals surface area contributed by atoms with Gasteiger partial charge in [0.2, 0.25) is 0 Å². The third-order valence-electron chi connectivity index (χ3n) is 5.66. The maximum atomic E-state index is 6.15. The van der Waals surface area contributed by atoms with E-state index in [4.69, 9.17) is 14.1 Å². The summed E-state index contributed by atoms with van der Waals surface area (Å²) in [6.07, 6.45) is 5.19. The maximum Gasteiger partial charge on any atom is 0.152 e. The fourth-order valence-corrected chi connectivity index (χ4v) is 5.28. The molecule has 4 aromatic rings. The molecular formula is C23H27N5O2S. The first-order chi connectivity index (χ1) is 14.9.